The monoisotopic (exact) mass is 305 g/mol. The van der Waals surface area contributed by atoms with E-state index in [9.17, 15) is 0 Å². The van der Waals surface area contributed by atoms with E-state index >= 15 is 0 Å². The van der Waals surface area contributed by atoms with Gasteiger partial charge in [-0.25, -0.2) is 0 Å². The van der Waals surface area contributed by atoms with Crippen LogP contribution in [-0.4, -0.2) is 5.54 Å². The van der Waals surface area contributed by atoms with Crippen molar-refractivity contribution in [2.45, 2.75) is 43.6 Å². The molecule has 0 saturated heterocycles. The Bertz CT molecular complexity index is 470. The molecule has 0 amide bonds. The highest BCUT2D eigenvalue weighted by Gasteiger charge is 2.55. The average Bonchev–Trinajstić information content (AvgIpc) is 2.29. The van der Waals surface area contributed by atoms with Gasteiger partial charge in [0.1, 0.15) is 0 Å². The summed E-state index contributed by atoms with van der Waals surface area (Å²) in [4.78, 5) is 0. The molecule has 18 heavy (non-hydrogen) atoms. The first-order valence-corrected chi connectivity index (χ1v) is 7.98. The van der Waals surface area contributed by atoms with Gasteiger partial charge in [-0.15, -0.1) is 0 Å². The van der Waals surface area contributed by atoms with Crippen LogP contribution >= 0.6 is 15.9 Å². The van der Waals surface area contributed by atoms with Crippen LogP contribution < -0.4 is 5.73 Å². The molecule has 1 nitrogen and oxygen atoms in total. The zero-order chi connectivity index (χ0) is 12.3. The minimum Gasteiger partial charge on any atom is -0.325 e. The third-order valence-corrected chi connectivity index (χ3v) is 6.33. The molecule has 4 fully saturated rings. The highest BCUT2D eigenvalue weighted by molar-refractivity contribution is 9.10. The summed E-state index contributed by atoms with van der Waals surface area (Å²) >= 11 is 3.74. The number of rotatable bonds is 1. The Labute approximate surface area is 117 Å². The molecule has 1 aromatic rings. The van der Waals surface area contributed by atoms with Gasteiger partial charge in [-0.3, -0.25) is 0 Å². The lowest BCUT2D eigenvalue weighted by atomic mass is 9.47. The van der Waals surface area contributed by atoms with Crippen molar-refractivity contribution >= 4 is 15.9 Å². The Hall–Kier alpha value is -0.340. The van der Waals surface area contributed by atoms with Crippen LogP contribution in [0.25, 0.3) is 0 Å². The molecule has 2 heteroatoms. The van der Waals surface area contributed by atoms with E-state index in [1.165, 1.54) is 42.1 Å². The summed E-state index contributed by atoms with van der Waals surface area (Å²) in [5.41, 5.74) is 8.39. The van der Waals surface area contributed by atoms with Gasteiger partial charge < -0.3 is 5.73 Å². The van der Waals surface area contributed by atoms with Gasteiger partial charge in [-0.05, 0) is 61.5 Å². The molecule has 0 spiro atoms. The minimum absolute atomic E-state index is 0.0820. The fraction of sp³-hybridized carbons (Fsp3) is 0.625. The Balaban J connectivity index is 1.79. The summed E-state index contributed by atoms with van der Waals surface area (Å²) in [7, 11) is 0. The maximum absolute atomic E-state index is 6.85. The topological polar surface area (TPSA) is 26.0 Å². The normalized spacial score (nSPS) is 45.4. The van der Waals surface area contributed by atoms with E-state index in [0.29, 0.717) is 5.92 Å². The first-order valence-electron chi connectivity index (χ1n) is 7.19. The summed E-state index contributed by atoms with van der Waals surface area (Å²) in [6, 6.07) is 8.72. The Kier molecular flexibility index (Phi) is 2.44. The van der Waals surface area contributed by atoms with Crippen molar-refractivity contribution in [2.24, 2.45) is 23.5 Å². The van der Waals surface area contributed by atoms with Crippen LogP contribution in [0.15, 0.2) is 28.7 Å². The van der Waals surface area contributed by atoms with Gasteiger partial charge in [0.15, 0.2) is 0 Å². The number of halogens is 1. The molecule has 96 valence electrons. The van der Waals surface area contributed by atoms with Crippen LogP contribution in [0.1, 0.15) is 43.6 Å². The Morgan fingerprint density at radius 3 is 2.33 bits per heavy atom. The smallest absolute Gasteiger partial charge is 0.0232 e. The first kappa shape index (κ1) is 11.5. The quantitative estimate of drug-likeness (QED) is 0.831. The fourth-order valence-electron chi connectivity index (χ4n) is 5.39. The number of benzene rings is 1. The third kappa shape index (κ3) is 1.55. The average molecular weight is 306 g/mol. The number of nitrogens with two attached hydrogens (primary N) is 1. The maximum atomic E-state index is 6.85. The van der Waals surface area contributed by atoms with E-state index in [2.05, 4.69) is 40.2 Å². The molecule has 0 heterocycles. The molecule has 3 atom stereocenters. The summed E-state index contributed by atoms with van der Waals surface area (Å²) in [6.45, 7) is 0. The molecular weight excluding hydrogens is 286 g/mol. The molecule has 0 aliphatic heterocycles. The van der Waals surface area contributed by atoms with Crippen molar-refractivity contribution in [1.29, 1.82) is 0 Å². The van der Waals surface area contributed by atoms with Crippen molar-refractivity contribution in [1.82, 2.24) is 0 Å². The summed E-state index contributed by atoms with van der Waals surface area (Å²) in [6.07, 6.45) is 6.80. The summed E-state index contributed by atoms with van der Waals surface area (Å²) in [5, 5.41) is 0. The molecule has 4 bridgehead atoms. The SMILES string of the molecule is NC12CC3CC(CC(C3)C1c1ccccc1Br)C2. The molecule has 2 N–H and O–H groups in total. The van der Waals surface area contributed by atoms with Crippen molar-refractivity contribution in [3.63, 3.8) is 0 Å². The molecule has 1 aromatic carbocycles. The second-order valence-corrected chi connectivity index (χ2v) is 7.69. The molecule has 4 aliphatic rings. The van der Waals surface area contributed by atoms with Crippen LogP contribution in [-0.2, 0) is 0 Å². The molecule has 3 unspecified atom stereocenters. The third-order valence-electron chi connectivity index (χ3n) is 5.61. The van der Waals surface area contributed by atoms with E-state index in [-0.39, 0.29) is 5.54 Å². The lowest BCUT2D eigenvalue weighted by Crippen LogP contribution is -2.60. The van der Waals surface area contributed by atoms with Crippen molar-refractivity contribution in [2.75, 3.05) is 0 Å². The van der Waals surface area contributed by atoms with Crippen LogP contribution in [0.3, 0.4) is 0 Å². The molecule has 0 aromatic heterocycles. The van der Waals surface area contributed by atoms with Crippen LogP contribution in [0.4, 0.5) is 0 Å². The zero-order valence-electron chi connectivity index (χ0n) is 10.6. The van der Waals surface area contributed by atoms with Crippen LogP contribution in [0.2, 0.25) is 0 Å². The first-order chi connectivity index (χ1) is 8.66. The second-order valence-electron chi connectivity index (χ2n) is 6.84. The zero-order valence-corrected chi connectivity index (χ0v) is 12.2. The van der Waals surface area contributed by atoms with E-state index in [4.69, 9.17) is 5.73 Å². The summed E-state index contributed by atoms with van der Waals surface area (Å²) in [5.74, 6) is 3.26. The fourth-order valence-corrected chi connectivity index (χ4v) is 5.93. The lowest BCUT2D eigenvalue weighted by Gasteiger charge is -2.60. The Morgan fingerprint density at radius 2 is 1.72 bits per heavy atom. The van der Waals surface area contributed by atoms with Gasteiger partial charge in [0.2, 0.25) is 0 Å². The second kappa shape index (κ2) is 3.83. The minimum atomic E-state index is 0.0820. The summed E-state index contributed by atoms with van der Waals surface area (Å²) < 4.78 is 1.26. The van der Waals surface area contributed by atoms with Gasteiger partial charge in [-0.1, -0.05) is 34.1 Å². The van der Waals surface area contributed by atoms with Crippen molar-refractivity contribution in [3.05, 3.63) is 34.3 Å². The number of hydrogen-bond acceptors (Lipinski definition) is 1. The van der Waals surface area contributed by atoms with E-state index in [1.807, 2.05) is 0 Å². The van der Waals surface area contributed by atoms with E-state index in [0.717, 1.165) is 17.8 Å². The number of hydrogen-bond donors (Lipinski definition) is 1. The molecular formula is C16H20BrN. The standard InChI is InChI=1S/C16H20BrN/c17-14-4-2-1-3-13(14)15-12-6-10-5-11(7-12)9-16(15,18)8-10/h1-4,10-12,15H,5-9,18H2. The Morgan fingerprint density at radius 1 is 1.06 bits per heavy atom. The largest absolute Gasteiger partial charge is 0.325 e. The molecule has 0 radical (unpaired) electrons. The van der Waals surface area contributed by atoms with Crippen molar-refractivity contribution < 1.29 is 0 Å². The van der Waals surface area contributed by atoms with Gasteiger partial charge in [-0.2, -0.15) is 0 Å². The molecule has 4 saturated carbocycles. The maximum Gasteiger partial charge on any atom is 0.0232 e. The highest BCUT2D eigenvalue weighted by atomic mass is 79.9. The van der Waals surface area contributed by atoms with Gasteiger partial charge >= 0.3 is 0 Å². The molecule has 4 aliphatic carbocycles. The molecule has 5 rings (SSSR count). The van der Waals surface area contributed by atoms with Crippen molar-refractivity contribution in [3.8, 4) is 0 Å². The predicted octanol–water partition coefficient (Wildman–Crippen LogP) is 4.07. The highest BCUT2D eigenvalue weighted by Crippen LogP contribution is 2.61. The van der Waals surface area contributed by atoms with Gasteiger partial charge in [0, 0.05) is 15.9 Å². The van der Waals surface area contributed by atoms with Crippen LogP contribution in [0.5, 0.6) is 0 Å². The van der Waals surface area contributed by atoms with Gasteiger partial charge in [0.25, 0.3) is 0 Å². The van der Waals surface area contributed by atoms with Gasteiger partial charge in [0.05, 0.1) is 0 Å². The van der Waals surface area contributed by atoms with E-state index in [1.54, 1.807) is 0 Å². The van der Waals surface area contributed by atoms with Crippen LogP contribution in [0, 0.1) is 17.8 Å². The predicted molar refractivity (Wildman–Crippen MR) is 77.4 cm³/mol. The lowest BCUT2D eigenvalue weighted by molar-refractivity contribution is -0.0223. The van der Waals surface area contributed by atoms with E-state index < -0.39 is 0 Å².